The summed E-state index contributed by atoms with van der Waals surface area (Å²) in [6, 6.07) is 20.4. The highest BCUT2D eigenvalue weighted by molar-refractivity contribution is 9.10. The lowest BCUT2D eigenvalue weighted by Gasteiger charge is -2.34. The first kappa shape index (κ1) is 22.2. The summed E-state index contributed by atoms with van der Waals surface area (Å²) in [7, 11) is -3.46. The topological polar surface area (TPSA) is 70.1 Å². The van der Waals surface area contributed by atoms with Gasteiger partial charge in [0.2, 0.25) is 10.0 Å². The molecule has 1 atom stereocenters. The van der Waals surface area contributed by atoms with Crippen molar-refractivity contribution in [2.45, 2.75) is 11.0 Å². The fourth-order valence-corrected chi connectivity index (χ4v) is 5.54. The first-order chi connectivity index (χ1) is 14.9. The molecule has 1 unspecified atom stereocenters. The Labute approximate surface area is 191 Å². The van der Waals surface area contributed by atoms with E-state index in [2.05, 4.69) is 20.8 Å². The van der Waals surface area contributed by atoms with Gasteiger partial charge in [-0.3, -0.25) is 4.90 Å². The molecule has 1 aliphatic heterocycles. The average molecular weight is 505 g/mol. The minimum absolute atomic E-state index is 0.185. The van der Waals surface area contributed by atoms with Crippen LogP contribution in [0.2, 0.25) is 0 Å². The number of hydrogen-bond acceptors (Lipinski definition) is 5. The van der Waals surface area contributed by atoms with Gasteiger partial charge in [-0.05, 0) is 47.2 Å². The third-order valence-electron chi connectivity index (χ3n) is 5.40. The van der Waals surface area contributed by atoms with Crippen molar-refractivity contribution in [1.82, 2.24) is 9.21 Å². The highest BCUT2D eigenvalue weighted by Gasteiger charge is 2.28. The van der Waals surface area contributed by atoms with Crippen molar-refractivity contribution in [2.75, 3.05) is 39.3 Å². The number of halogens is 1. The maximum absolute atomic E-state index is 12.7. The lowest BCUT2D eigenvalue weighted by Crippen LogP contribution is -2.50. The van der Waals surface area contributed by atoms with Crippen LogP contribution in [0, 0.1) is 0 Å². The number of piperazine rings is 1. The Bertz CT molecular complexity index is 1130. The van der Waals surface area contributed by atoms with Crippen LogP contribution < -0.4 is 4.74 Å². The van der Waals surface area contributed by atoms with Gasteiger partial charge in [0.05, 0.1) is 4.90 Å². The van der Waals surface area contributed by atoms with E-state index in [1.807, 2.05) is 36.4 Å². The summed E-state index contributed by atoms with van der Waals surface area (Å²) in [4.78, 5) is 2.39. The first-order valence-electron chi connectivity index (χ1n) is 10.2. The molecule has 0 radical (unpaired) electrons. The predicted molar refractivity (Wildman–Crippen MR) is 125 cm³/mol. The molecule has 6 nitrogen and oxygen atoms in total. The number of β-amino-alcohol motifs (C(OH)–C–C–N with tert-alkyl or cyclic N) is 1. The Morgan fingerprint density at radius 2 is 1.61 bits per heavy atom. The molecule has 4 rings (SSSR count). The SMILES string of the molecule is O=S(=O)(c1ccccc1)N1CCN(CC(O)COc2ccc3cc(Br)ccc3c2)CC1. The molecule has 8 heteroatoms. The lowest BCUT2D eigenvalue weighted by molar-refractivity contribution is 0.0569. The molecule has 1 fully saturated rings. The highest BCUT2D eigenvalue weighted by atomic mass is 79.9. The number of hydrogen-bond donors (Lipinski definition) is 1. The Kier molecular flexibility index (Phi) is 6.93. The van der Waals surface area contributed by atoms with Crippen LogP contribution in [0.15, 0.2) is 76.1 Å². The molecular weight excluding hydrogens is 480 g/mol. The fourth-order valence-electron chi connectivity index (χ4n) is 3.72. The molecule has 0 spiro atoms. The van der Waals surface area contributed by atoms with E-state index in [0.29, 0.717) is 43.4 Å². The second-order valence-corrected chi connectivity index (χ2v) is 10.5. The minimum Gasteiger partial charge on any atom is -0.491 e. The third-order valence-corrected chi connectivity index (χ3v) is 7.80. The Balaban J connectivity index is 1.26. The van der Waals surface area contributed by atoms with Crippen molar-refractivity contribution in [2.24, 2.45) is 0 Å². The van der Waals surface area contributed by atoms with Crippen LogP contribution in [-0.4, -0.2) is 68.2 Å². The number of sulfonamides is 1. The zero-order valence-electron chi connectivity index (χ0n) is 17.0. The summed E-state index contributed by atoms with van der Waals surface area (Å²) in [5.74, 6) is 0.715. The van der Waals surface area contributed by atoms with Crippen LogP contribution in [0.5, 0.6) is 5.75 Å². The van der Waals surface area contributed by atoms with Gasteiger partial charge in [0.15, 0.2) is 0 Å². The normalized spacial score (nSPS) is 17.0. The van der Waals surface area contributed by atoms with Crippen molar-refractivity contribution >= 4 is 36.7 Å². The molecule has 0 amide bonds. The number of fused-ring (bicyclic) bond motifs is 1. The van der Waals surface area contributed by atoms with E-state index in [-0.39, 0.29) is 6.61 Å². The molecule has 3 aromatic rings. The Morgan fingerprint density at radius 3 is 2.35 bits per heavy atom. The molecule has 1 saturated heterocycles. The summed E-state index contributed by atoms with van der Waals surface area (Å²) < 4.78 is 33.8. The summed E-state index contributed by atoms with van der Waals surface area (Å²) in [5.41, 5.74) is 0. The summed E-state index contributed by atoms with van der Waals surface area (Å²) in [6.45, 7) is 2.60. The van der Waals surface area contributed by atoms with Gasteiger partial charge in [-0.2, -0.15) is 4.31 Å². The number of benzene rings is 3. The maximum Gasteiger partial charge on any atom is 0.243 e. The molecular formula is C23H25BrN2O4S. The number of rotatable bonds is 7. The van der Waals surface area contributed by atoms with E-state index in [4.69, 9.17) is 4.74 Å². The second kappa shape index (κ2) is 9.67. The van der Waals surface area contributed by atoms with Gasteiger partial charge in [0.25, 0.3) is 0 Å². The number of aliphatic hydroxyl groups is 1. The predicted octanol–water partition coefficient (Wildman–Crippen LogP) is 3.35. The van der Waals surface area contributed by atoms with Gasteiger partial charge < -0.3 is 9.84 Å². The quantitative estimate of drug-likeness (QED) is 0.534. The molecule has 31 heavy (non-hydrogen) atoms. The van der Waals surface area contributed by atoms with E-state index in [1.165, 1.54) is 4.31 Å². The molecule has 1 N–H and O–H groups in total. The van der Waals surface area contributed by atoms with Crippen molar-refractivity contribution < 1.29 is 18.3 Å². The lowest BCUT2D eigenvalue weighted by atomic mass is 10.1. The molecule has 3 aromatic carbocycles. The summed E-state index contributed by atoms with van der Waals surface area (Å²) >= 11 is 3.47. The second-order valence-electron chi connectivity index (χ2n) is 7.64. The fraction of sp³-hybridized carbons (Fsp3) is 0.304. The first-order valence-corrected chi connectivity index (χ1v) is 12.4. The van der Waals surface area contributed by atoms with Crippen LogP contribution in [0.25, 0.3) is 10.8 Å². The van der Waals surface area contributed by atoms with Gasteiger partial charge in [-0.1, -0.05) is 46.3 Å². The van der Waals surface area contributed by atoms with Gasteiger partial charge in [-0.25, -0.2) is 8.42 Å². The molecule has 0 bridgehead atoms. The van der Waals surface area contributed by atoms with Gasteiger partial charge in [0.1, 0.15) is 18.5 Å². The molecule has 164 valence electrons. The monoisotopic (exact) mass is 504 g/mol. The largest absolute Gasteiger partial charge is 0.491 e. The van der Waals surface area contributed by atoms with Gasteiger partial charge >= 0.3 is 0 Å². The number of ether oxygens (including phenoxy) is 1. The highest BCUT2D eigenvalue weighted by Crippen LogP contribution is 2.24. The van der Waals surface area contributed by atoms with E-state index < -0.39 is 16.1 Å². The number of nitrogens with zero attached hydrogens (tertiary/aromatic N) is 2. The van der Waals surface area contributed by atoms with Crippen LogP contribution >= 0.6 is 15.9 Å². The Hall–Kier alpha value is -1.97. The smallest absolute Gasteiger partial charge is 0.243 e. The number of aliphatic hydroxyl groups excluding tert-OH is 1. The van der Waals surface area contributed by atoms with Crippen molar-refractivity contribution in [3.05, 3.63) is 71.2 Å². The van der Waals surface area contributed by atoms with Gasteiger partial charge in [0, 0.05) is 37.2 Å². The van der Waals surface area contributed by atoms with Crippen molar-refractivity contribution in [3.8, 4) is 5.75 Å². The summed E-state index contributed by atoms with van der Waals surface area (Å²) in [6.07, 6.45) is -0.655. The Morgan fingerprint density at radius 1 is 0.935 bits per heavy atom. The zero-order valence-corrected chi connectivity index (χ0v) is 19.4. The van der Waals surface area contributed by atoms with Crippen LogP contribution in [0.1, 0.15) is 0 Å². The average Bonchev–Trinajstić information content (AvgIpc) is 2.78. The molecule has 0 aliphatic carbocycles. The van der Waals surface area contributed by atoms with E-state index >= 15 is 0 Å². The minimum atomic E-state index is -3.46. The molecule has 0 saturated carbocycles. The van der Waals surface area contributed by atoms with Crippen LogP contribution in [-0.2, 0) is 10.0 Å². The van der Waals surface area contributed by atoms with Crippen LogP contribution in [0.3, 0.4) is 0 Å². The summed E-state index contributed by atoms with van der Waals surface area (Å²) in [5, 5.41) is 12.6. The van der Waals surface area contributed by atoms with Crippen LogP contribution in [0.4, 0.5) is 0 Å². The van der Waals surface area contributed by atoms with Gasteiger partial charge in [-0.15, -0.1) is 0 Å². The van der Waals surface area contributed by atoms with E-state index in [0.717, 1.165) is 15.2 Å². The zero-order chi connectivity index (χ0) is 21.8. The third kappa shape index (κ3) is 5.45. The molecule has 0 aromatic heterocycles. The standard InChI is InChI=1S/C23H25BrN2O4S/c24-20-8-6-19-15-22(9-7-18(19)14-20)30-17-21(27)16-25-10-12-26(13-11-25)31(28,29)23-4-2-1-3-5-23/h1-9,14-15,21,27H,10-13,16-17H2. The van der Waals surface area contributed by atoms with E-state index in [9.17, 15) is 13.5 Å². The van der Waals surface area contributed by atoms with Crippen molar-refractivity contribution in [3.63, 3.8) is 0 Å². The molecule has 1 heterocycles. The van der Waals surface area contributed by atoms with E-state index in [1.54, 1.807) is 30.3 Å². The maximum atomic E-state index is 12.7. The van der Waals surface area contributed by atoms with Crippen molar-refractivity contribution in [1.29, 1.82) is 0 Å². The molecule has 1 aliphatic rings.